The number of ether oxygens (including phenoxy) is 1. The average molecular weight is 396 g/mol. The van der Waals surface area contributed by atoms with E-state index in [1.807, 2.05) is 24.3 Å². The summed E-state index contributed by atoms with van der Waals surface area (Å²) in [5.41, 5.74) is 5.98. The molecule has 0 amide bonds. The number of rotatable bonds is 5. The highest BCUT2D eigenvalue weighted by atomic mass is 16.6. The van der Waals surface area contributed by atoms with Gasteiger partial charge in [-0.2, -0.15) is 0 Å². The van der Waals surface area contributed by atoms with Crippen LogP contribution >= 0.6 is 0 Å². The van der Waals surface area contributed by atoms with Gasteiger partial charge in [0.05, 0.1) is 0 Å². The van der Waals surface area contributed by atoms with E-state index in [1.54, 1.807) is 0 Å². The van der Waals surface area contributed by atoms with Gasteiger partial charge in [0.15, 0.2) is 0 Å². The van der Waals surface area contributed by atoms with E-state index in [9.17, 15) is 14.7 Å². The molecular formula is C23H28N2O4. The van der Waals surface area contributed by atoms with Gasteiger partial charge >= 0.3 is 11.9 Å². The predicted octanol–water partition coefficient (Wildman–Crippen LogP) is 3.64. The number of para-hydroxylation sites is 1. The molecule has 4 saturated carbocycles. The van der Waals surface area contributed by atoms with E-state index in [4.69, 9.17) is 10.5 Å². The number of fused-ring (bicyclic) bond motifs is 1. The van der Waals surface area contributed by atoms with Crippen molar-refractivity contribution in [3.05, 3.63) is 35.5 Å². The van der Waals surface area contributed by atoms with Gasteiger partial charge in [0.2, 0.25) is 0 Å². The molecule has 6 nitrogen and oxygen atoms in total. The predicted molar refractivity (Wildman–Crippen MR) is 109 cm³/mol. The fourth-order valence-electron chi connectivity index (χ4n) is 6.40. The average Bonchev–Trinajstić information content (AvgIpc) is 2.98. The molecule has 6 heteroatoms. The van der Waals surface area contributed by atoms with Gasteiger partial charge in [-0.3, -0.25) is 4.79 Å². The fourth-order valence-corrected chi connectivity index (χ4v) is 6.40. The van der Waals surface area contributed by atoms with Gasteiger partial charge in [0.25, 0.3) is 0 Å². The molecule has 0 unspecified atom stereocenters. The van der Waals surface area contributed by atoms with Crippen LogP contribution in [-0.2, 0) is 16.0 Å². The molecule has 4 aliphatic carbocycles. The van der Waals surface area contributed by atoms with E-state index in [-0.39, 0.29) is 18.0 Å². The second kappa shape index (κ2) is 6.33. The number of carboxylic acid groups (broad SMARTS) is 1. The highest BCUT2D eigenvalue weighted by Gasteiger charge is 2.53. The molecule has 1 aromatic heterocycles. The first kappa shape index (κ1) is 18.7. The lowest BCUT2D eigenvalue weighted by Gasteiger charge is -2.55. The first-order valence-corrected chi connectivity index (χ1v) is 10.6. The summed E-state index contributed by atoms with van der Waals surface area (Å²) in [7, 11) is 0. The Morgan fingerprint density at radius 2 is 1.76 bits per heavy atom. The Balaban J connectivity index is 1.49. The summed E-state index contributed by atoms with van der Waals surface area (Å²) >= 11 is 0. The van der Waals surface area contributed by atoms with Crippen LogP contribution in [0.5, 0.6) is 0 Å². The molecule has 154 valence electrons. The summed E-state index contributed by atoms with van der Waals surface area (Å²) in [6.45, 7) is 1.48. The number of nitrogens with one attached hydrogen (secondary N) is 1. The quantitative estimate of drug-likeness (QED) is 0.669. The van der Waals surface area contributed by atoms with E-state index in [2.05, 4.69) is 4.98 Å². The largest absolute Gasteiger partial charge is 0.480 e. The van der Waals surface area contributed by atoms with Crippen LogP contribution in [0.1, 0.15) is 61.5 Å². The summed E-state index contributed by atoms with van der Waals surface area (Å²) in [6, 6.07) is 7.54. The number of esters is 1. The molecule has 0 radical (unpaired) electrons. The fraction of sp³-hybridized carbons (Fsp3) is 0.565. The number of carboxylic acids is 1. The van der Waals surface area contributed by atoms with Crippen molar-refractivity contribution in [3.63, 3.8) is 0 Å². The van der Waals surface area contributed by atoms with Crippen LogP contribution in [0.4, 0.5) is 0 Å². The summed E-state index contributed by atoms with van der Waals surface area (Å²) in [5.74, 6) is 0.559. The van der Waals surface area contributed by atoms with Gasteiger partial charge in [-0.25, -0.2) is 4.79 Å². The van der Waals surface area contributed by atoms with Crippen molar-refractivity contribution >= 4 is 22.8 Å². The van der Waals surface area contributed by atoms with Crippen LogP contribution in [0, 0.1) is 17.8 Å². The number of aromatic nitrogens is 1. The minimum atomic E-state index is -1.47. The Morgan fingerprint density at radius 3 is 2.34 bits per heavy atom. The number of H-pyrrole nitrogens is 1. The number of aromatic amines is 1. The number of aliphatic carboxylic acids is 1. The van der Waals surface area contributed by atoms with Crippen molar-refractivity contribution in [2.24, 2.45) is 23.5 Å². The molecule has 1 atom stereocenters. The number of carbonyl (C=O) groups is 2. The van der Waals surface area contributed by atoms with Crippen molar-refractivity contribution in [2.45, 2.75) is 63.0 Å². The molecule has 29 heavy (non-hydrogen) atoms. The highest BCUT2D eigenvalue weighted by Crippen LogP contribution is 2.57. The van der Waals surface area contributed by atoms with Crippen molar-refractivity contribution in [1.29, 1.82) is 0 Å². The minimum absolute atomic E-state index is 0.0532. The molecule has 4 N–H and O–H groups in total. The first-order chi connectivity index (χ1) is 13.7. The molecule has 1 heterocycles. The lowest BCUT2D eigenvalue weighted by Crippen LogP contribution is -2.52. The van der Waals surface area contributed by atoms with Gasteiger partial charge < -0.3 is 20.6 Å². The first-order valence-electron chi connectivity index (χ1n) is 10.6. The van der Waals surface area contributed by atoms with Gasteiger partial charge in [-0.1, -0.05) is 18.2 Å². The molecule has 4 fully saturated rings. The number of carbonyl (C=O) groups excluding carboxylic acids is 1. The Morgan fingerprint density at radius 1 is 1.17 bits per heavy atom. The van der Waals surface area contributed by atoms with E-state index >= 15 is 0 Å². The number of nitrogens with two attached hydrogens (primary N) is 1. The molecule has 0 saturated heterocycles. The van der Waals surface area contributed by atoms with Crippen LogP contribution in [0.25, 0.3) is 10.9 Å². The minimum Gasteiger partial charge on any atom is -0.480 e. The Hall–Kier alpha value is -2.34. The maximum Gasteiger partial charge on any atom is 0.355 e. The van der Waals surface area contributed by atoms with E-state index < -0.39 is 11.5 Å². The SMILES string of the molecule is C[C@](N)(Cc1c(C(=O)OC23CC4CC(CC(C4)C2)C3)[nH]c2ccccc12)C(=O)O. The van der Waals surface area contributed by atoms with E-state index in [1.165, 1.54) is 26.2 Å². The van der Waals surface area contributed by atoms with Crippen molar-refractivity contribution in [2.75, 3.05) is 0 Å². The van der Waals surface area contributed by atoms with Gasteiger partial charge in [0.1, 0.15) is 16.8 Å². The number of hydrogen-bond donors (Lipinski definition) is 3. The second-order valence-corrected chi connectivity index (χ2v) is 9.91. The Bertz CT molecular complexity index is 955. The molecule has 4 bridgehead atoms. The zero-order valence-corrected chi connectivity index (χ0v) is 16.7. The lowest BCUT2D eigenvalue weighted by atomic mass is 9.54. The van der Waals surface area contributed by atoms with Crippen molar-refractivity contribution in [3.8, 4) is 0 Å². The zero-order chi connectivity index (χ0) is 20.4. The highest BCUT2D eigenvalue weighted by molar-refractivity contribution is 5.99. The van der Waals surface area contributed by atoms with Gasteiger partial charge in [0, 0.05) is 17.3 Å². The monoisotopic (exact) mass is 396 g/mol. The summed E-state index contributed by atoms with van der Waals surface area (Å²) < 4.78 is 6.22. The van der Waals surface area contributed by atoms with Crippen LogP contribution in [-0.4, -0.2) is 33.2 Å². The topological polar surface area (TPSA) is 105 Å². The van der Waals surface area contributed by atoms with Gasteiger partial charge in [-0.15, -0.1) is 0 Å². The molecular weight excluding hydrogens is 368 g/mol. The number of benzene rings is 1. The van der Waals surface area contributed by atoms with Crippen LogP contribution < -0.4 is 5.73 Å². The zero-order valence-electron chi connectivity index (χ0n) is 16.7. The third-order valence-corrected chi connectivity index (χ3v) is 7.34. The molecule has 6 rings (SSSR count). The third-order valence-electron chi connectivity index (χ3n) is 7.34. The van der Waals surface area contributed by atoms with Crippen molar-refractivity contribution < 1.29 is 19.4 Å². The Kier molecular flexibility index (Phi) is 4.07. The van der Waals surface area contributed by atoms with Gasteiger partial charge in [-0.05, 0) is 74.8 Å². The maximum atomic E-state index is 13.3. The molecule has 0 spiro atoms. The second-order valence-electron chi connectivity index (χ2n) is 9.91. The molecule has 2 aromatic rings. The Labute approximate surface area is 169 Å². The smallest absolute Gasteiger partial charge is 0.355 e. The van der Waals surface area contributed by atoms with Crippen LogP contribution in [0.15, 0.2) is 24.3 Å². The summed E-state index contributed by atoms with van der Waals surface area (Å²) in [5, 5.41) is 10.3. The van der Waals surface area contributed by atoms with E-state index in [0.717, 1.165) is 30.2 Å². The van der Waals surface area contributed by atoms with Crippen molar-refractivity contribution in [1.82, 2.24) is 4.98 Å². The summed E-state index contributed by atoms with van der Waals surface area (Å²) in [6.07, 6.45) is 6.77. The lowest BCUT2D eigenvalue weighted by molar-refractivity contribution is -0.142. The maximum absolute atomic E-state index is 13.3. The summed E-state index contributed by atoms with van der Waals surface area (Å²) in [4.78, 5) is 28.1. The third kappa shape index (κ3) is 3.14. The standard InChI is InChI=1S/C23H28N2O4/c1-22(24,21(27)28)12-17-16-4-2-3-5-18(16)25-19(17)20(26)29-23-9-13-6-14(10-23)8-15(7-13)11-23/h2-5,13-15,25H,6-12,24H2,1H3,(H,27,28)/t13?,14?,15?,22-,23?/m0/s1. The molecule has 4 aliphatic rings. The number of hydrogen-bond acceptors (Lipinski definition) is 4. The normalized spacial score (nSPS) is 32.3. The molecule has 0 aliphatic heterocycles. The van der Waals surface area contributed by atoms with E-state index in [0.29, 0.717) is 29.0 Å². The van der Waals surface area contributed by atoms with Crippen LogP contribution in [0.3, 0.4) is 0 Å². The molecule has 1 aromatic carbocycles. The van der Waals surface area contributed by atoms with Crippen LogP contribution in [0.2, 0.25) is 0 Å².